The average Bonchev–Trinajstić information content (AvgIpc) is 2.73. The highest BCUT2D eigenvalue weighted by atomic mass is 32.2. The minimum absolute atomic E-state index is 0.0273. The van der Waals surface area contributed by atoms with E-state index in [1.54, 1.807) is 18.2 Å². The largest absolute Gasteiger partial charge is 0.379 e. The van der Waals surface area contributed by atoms with Crippen molar-refractivity contribution in [3.63, 3.8) is 0 Å². The van der Waals surface area contributed by atoms with Crippen molar-refractivity contribution in [3.8, 4) is 0 Å². The van der Waals surface area contributed by atoms with Gasteiger partial charge in [0.05, 0.1) is 18.1 Å². The number of morpholine rings is 1. The molecule has 0 unspecified atom stereocenters. The molecule has 1 amide bonds. The zero-order valence-corrected chi connectivity index (χ0v) is 17.4. The van der Waals surface area contributed by atoms with Crippen LogP contribution in [0, 0.1) is 18.8 Å². The molecule has 28 heavy (non-hydrogen) atoms. The summed E-state index contributed by atoms with van der Waals surface area (Å²) in [5.74, 6) is 1.33. The predicted molar refractivity (Wildman–Crippen MR) is 107 cm³/mol. The number of likely N-dealkylation sites (tertiary alicyclic amines) is 1. The fourth-order valence-corrected chi connectivity index (χ4v) is 6.32. The first-order valence-corrected chi connectivity index (χ1v) is 11.9. The van der Waals surface area contributed by atoms with Crippen molar-refractivity contribution in [2.75, 3.05) is 39.4 Å². The summed E-state index contributed by atoms with van der Waals surface area (Å²) in [4.78, 5) is 15.4. The molecule has 2 saturated heterocycles. The van der Waals surface area contributed by atoms with E-state index in [0.717, 1.165) is 31.0 Å². The van der Waals surface area contributed by atoms with E-state index in [1.807, 2.05) is 11.8 Å². The average molecular weight is 407 g/mol. The molecule has 4 rings (SSSR count). The number of rotatable bonds is 3. The second-order valence-corrected chi connectivity index (χ2v) is 10.3. The third-order valence-corrected chi connectivity index (χ3v) is 8.52. The van der Waals surface area contributed by atoms with E-state index in [4.69, 9.17) is 4.74 Å². The van der Waals surface area contributed by atoms with E-state index in [9.17, 15) is 13.2 Å². The summed E-state index contributed by atoms with van der Waals surface area (Å²) in [6.07, 6.45) is 6.14. The van der Waals surface area contributed by atoms with Crippen LogP contribution in [0.25, 0.3) is 0 Å². The van der Waals surface area contributed by atoms with Crippen molar-refractivity contribution in [3.05, 3.63) is 29.3 Å². The first-order valence-electron chi connectivity index (χ1n) is 10.4. The normalized spacial score (nSPS) is 26.7. The molecular weight excluding hydrogens is 376 g/mol. The van der Waals surface area contributed by atoms with E-state index < -0.39 is 10.0 Å². The van der Waals surface area contributed by atoms with Crippen molar-refractivity contribution in [2.24, 2.45) is 11.8 Å². The highest BCUT2D eigenvalue weighted by Crippen LogP contribution is 2.36. The van der Waals surface area contributed by atoms with Crippen molar-refractivity contribution in [1.82, 2.24) is 9.21 Å². The Balaban J connectivity index is 1.56. The number of benzene rings is 1. The molecule has 1 saturated carbocycles. The number of piperidine rings is 1. The maximum Gasteiger partial charge on any atom is 0.254 e. The molecule has 1 aromatic carbocycles. The smallest absolute Gasteiger partial charge is 0.254 e. The number of ether oxygens (including phenoxy) is 1. The molecule has 2 aliphatic heterocycles. The first kappa shape index (κ1) is 19.9. The van der Waals surface area contributed by atoms with Gasteiger partial charge in [-0.15, -0.1) is 0 Å². The lowest BCUT2D eigenvalue weighted by atomic mass is 9.75. The topological polar surface area (TPSA) is 66.9 Å². The van der Waals surface area contributed by atoms with Gasteiger partial charge in [0.25, 0.3) is 5.91 Å². The van der Waals surface area contributed by atoms with Crippen LogP contribution < -0.4 is 0 Å². The molecule has 2 heterocycles. The van der Waals surface area contributed by atoms with E-state index in [1.165, 1.54) is 30.0 Å². The number of carbonyl (C=O) groups is 1. The monoisotopic (exact) mass is 406 g/mol. The molecule has 0 N–H and O–H groups in total. The summed E-state index contributed by atoms with van der Waals surface area (Å²) >= 11 is 0. The quantitative estimate of drug-likeness (QED) is 0.774. The Bertz CT molecular complexity index is 833. The van der Waals surface area contributed by atoms with Gasteiger partial charge in [-0.2, -0.15) is 4.31 Å². The minimum atomic E-state index is -3.60. The predicted octanol–water partition coefficient (Wildman–Crippen LogP) is 2.67. The Morgan fingerprint density at radius 3 is 2.50 bits per heavy atom. The van der Waals surface area contributed by atoms with Crippen molar-refractivity contribution < 1.29 is 17.9 Å². The van der Waals surface area contributed by atoms with Gasteiger partial charge >= 0.3 is 0 Å². The third-order valence-electron chi connectivity index (χ3n) is 6.63. The zero-order valence-electron chi connectivity index (χ0n) is 16.6. The third kappa shape index (κ3) is 3.84. The number of fused-ring (bicyclic) bond motifs is 1. The Labute approximate surface area is 167 Å². The van der Waals surface area contributed by atoms with Crippen LogP contribution in [-0.4, -0.2) is 62.9 Å². The summed E-state index contributed by atoms with van der Waals surface area (Å²) in [7, 11) is -3.60. The Hall–Kier alpha value is -1.44. The second-order valence-electron chi connectivity index (χ2n) is 8.34. The highest BCUT2D eigenvalue weighted by Gasteiger charge is 2.34. The van der Waals surface area contributed by atoms with Crippen LogP contribution in [0.15, 0.2) is 23.1 Å². The minimum Gasteiger partial charge on any atom is -0.379 e. The number of aryl methyl sites for hydroxylation is 1. The maximum atomic E-state index is 13.2. The van der Waals surface area contributed by atoms with Gasteiger partial charge in [-0.05, 0) is 49.3 Å². The summed E-state index contributed by atoms with van der Waals surface area (Å²) < 4.78 is 32.7. The van der Waals surface area contributed by atoms with Crippen molar-refractivity contribution >= 4 is 15.9 Å². The van der Waals surface area contributed by atoms with E-state index >= 15 is 0 Å². The fraction of sp³-hybridized carbons (Fsp3) is 0.667. The Morgan fingerprint density at radius 2 is 1.75 bits per heavy atom. The standard InChI is InChI=1S/C21H30N2O4S/c1-16-6-7-19(28(25,26)23-10-12-27-13-11-23)14-20(16)21(24)22-9-8-17-4-2-3-5-18(17)15-22/h6-7,14,17-18H,2-5,8-13,15H2,1H3/t17-,18-/m1/s1. The lowest BCUT2D eigenvalue weighted by Gasteiger charge is -2.41. The van der Waals surface area contributed by atoms with Crippen LogP contribution in [0.2, 0.25) is 0 Å². The van der Waals surface area contributed by atoms with Gasteiger partial charge in [0.15, 0.2) is 0 Å². The van der Waals surface area contributed by atoms with Gasteiger partial charge in [0.2, 0.25) is 10.0 Å². The molecule has 154 valence electrons. The Kier molecular flexibility index (Phi) is 5.76. The zero-order chi connectivity index (χ0) is 19.7. The maximum absolute atomic E-state index is 13.2. The summed E-state index contributed by atoms with van der Waals surface area (Å²) in [6.45, 7) is 5.00. The SMILES string of the molecule is Cc1ccc(S(=O)(=O)N2CCOCC2)cc1C(=O)N1CC[C@H]2CCCC[C@@H]2C1. The van der Waals surface area contributed by atoms with Crippen molar-refractivity contribution in [2.45, 2.75) is 43.9 Å². The summed E-state index contributed by atoms with van der Waals surface area (Å²) in [5, 5.41) is 0. The number of hydrogen-bond donors (Lipinski definition) is 0. The van der Waals surface area contributed by atoms with E-state index in [-0.39, 0.29) is 10.8 Å². The van der Waals surface area contributed by atoms with Gasteiger partial charge in [-0.3, -0.25) is 4.79 Å². The molecule has 0 aromatic heterocycles. The molecule has 6 nitrogen and oxygen atoms in total. The van der Waals surface area contributed by atoms with E-state index in [2.05, 4.69) is 0 Å². The van der Waals surface area contributed by atoms with Crippen LogP contribution in [0.1, 0.15) is 48.0 Å². The van der Waals surface area contributed by atoms with Crippen LogP contribution in [-0.2, 0) is 14.8 Å². The van der Waals surface area contributed by atoms with E-state index in [0.29, 0.717) is 37.8 Å². The number of hydrogen-bond acceptors (Lipinski definition) is 4. The van der Waals surface area contributed by atoms with Crippen LogP contribution in [0.3, 0.4) is 0 Å². The number of nitrogens with zero attached hydrogens (tertiary/aromatic N) is 2. The summed E-state index contributed by atoms with van der Waals surface area (Å²) in [5.41, 5.74) is 1.35. The molecule has 0 radical (unpaired) electrons. The molecule has 7 heteroatoms. The number of amides is 1. The van der Waals surface area contributed by atoms with Crippen LogP contribution in [0.5, 0.6) is 0 Å². The lowest BCUT2D eigenvalue weighted by molar-refractivity contribution is 0.0520. The first-order chi connectivity index (χ1) is 13.5. The van der Waals surface area contributed by atoms with Gasteiger partial charge in [-0.1, -0.05) is 25.3 Å². The number of sulfonamides is 1. The molecular formula is C21H30N2O4S. The second kappa shape index (κ2) is 8.13. The van der Waals surface area contributed by atoms with Gasteiger partial charge in [0, 0.05) is 31.7 Å². The molecule has 3 aliphatic rings. The van der Waals surface area contributed by atoms with Gasteiger partial charge in [-0.25, -0.2) is 8.42 Å². The lowest BCUT2D eigenvalue weighted by Crippen LogP contribution is -2.45. The molecule has 1 aliphatic carbocycles. The highest BCUT2D eigenvalue weighted by molar-refractivity contribution is 7.89. The molecule has 3 fully saturated rings. The van der Waals surface area contributed by atoms with Gasteiger partial charge in [0.1, 0.15) is 0 Å². The molecule has 0 spiro atoms. The number of carbonyl (C=O) groups excluding carboxylic acids is 1. The molecule has 2 atom stereocenters. The van der Waals surface area contributed by atoms with Crippen LogP contribution in [0.4, 0.5) is 0 Å². The van der Waals surface area contributed by atoms with Crippen molar-refractivity contribution in [1.29, 1.82) is 0 Å². The fourth-order valence-electron chi connectivity index (χ4n) is 4.88. The van der Waals surface area contributed by atoms with Crippen LogP contribution >= 0.6 is 0 Å². The molecule has 1 aromatic rings. The van der Waals surface area contributed by atoms with Gasteiger partial charge < -0.3 is 9.64 Å². The molecule has 0 bridgehead atoms. The Morgan fingerprint density at radius 1 is 1.04 bits per heavy atom. The summed E-state index contributed by atoms with van der Waals surface area (Å²) in [6, 6.07) is 4.95.